The second kappa shape index (κ2) is 12.0. The lowest BCUT2D eigenvalue weighted by Gasteiger charge is -2.41. The number of aryl methyl sites for hydroxylation is 1. The number of thiophene rings is 3. The summed E-state index contributed by atoms with van der Waals surface area (Å²) in [7, 11) is 0. The third-order valence-electron chi connectivity index (χ3n) is 10.7. The van der Waals surface area contributed by atoms with E-state index in [1.165, 1.54) is 88.7 Å². The Kier molecular flexibility index (Phi) is 7.04. The minimum absolute atomic E-state index is 0.000349. The van der Waals surface area contributed by atoms with Crippen molar-refractivity contribution in [2.75, 3.05) is 0 Å². The van der Waals surface area contributed by atoms with Crippen molar-refractivity contribution in [3.63, 3.8) is 0 Å². The van der Waals surface area contributed by atoms with Crippen LogP contribution < -0.4 is 16.0 Å². The van der Waals surface area contributed by atoms with Crippen LogP contribution in [0.25, 0.3) is 67.1 Å². The van der Waals surface area contributed by atoms with E-state index < -0.39 is 0 Å². The number of benzene rings is 6. The van der Waals surface area contributed by atoms with Gasteiger partial charge in [0.05, 0.1) is 18.5 Å². The Morgan fingerprint density at radius 2 is 1.18 bits per heavy atom. The minimum atomic E-state index is -0.0298. The van der Waals surface area contributed by atoms with E-state index in [0.29, 0.717) is 0 Å². The molecule has 0 bridgehead atoms. The predicted molar refractivity (Wildman–Crippen MR) is 221 cm³/mol. The van der Waals surface area contributed by atoms with Crippen LogP contribution in [0.3, 0.4) is 0 Å². The summed E-state index contributed by atoms with van der Waals surface area (Å²) in [5, 5.41) is 18.6. The van der Waals surface area contributed by atoms with Gasteiger partial charge in [-0.15, -0.1) is 34.0 Å². The SMILES string of the molecule is C1=C(C2NC(c3ccccc3)NC(c3ccc4c(c3)sc3ccc(-c5cccc6c5sc5ccccc56)cc34)N2)c2sc3ccccc3c2CC1. The zero-order chi connectivity index (χ0) is 33.5. The maximum atomic E-state index is 4.00. The molecule has 4 heterocycles. The van der Waals surface area contributed by atoms with E-state index in [9.17, 15) is 0 Å². The molecule has 1 fully saturated rings. The fraction of sp³-hybridized carbons (Fsp3) is 0.111. The van der Waals surface area contributed by atoms with Crippen molar-refractivity contribution in [1.82, 2.24) is 16.0 Å². The number of allylic oxidation sites excluding steroid dienone is 1. The lowest BCUT2D eigenvalue weighted by molar-refractivity contribution is 0.234. The van der Waals surface area contributed by atoms with Crippen LogP contribution in [-0.2, 0) is 6.42 Å². The summed E-state index contributed by atoms with van der Waals surface area (Å²) >= 11 is 5.72. The highest BCUT2D eigenvalue weighted by Gasteiger charge is 2.33. The van der Waals surface area contributed by atoms with Gasteiger partial charge in [0.1, 0.15) is 0 Å². The molecule has 1 aliphatic carbocycles. The van der Waals surface area contributed by atoms with E-state index in [2.05, 4.69) is 155 Å². The van der Waals surface area contributed by atoms with E-state index >= 15 is 0 Å². The topological polar surface area (TPSA) is 36.1 Å². The Morgan fingerprint density at radius 3 is 2.06 bits per heavy atom. The Hall–Kier alpha value is -4.66. The third kappa shape index (κ3) is 4.94. The van der Waals surface area contributed by atoms with E-state index in [1.807, 2.05) is 34.0 Å². The van der Waals surface area contributed by atoms with Gasteiger partial charge in [0, 0.05) is 49.9 Å². The largest absolute Gasteiger partial charge is 0.279 e. The highest BCUT2D eigenvalue weighted by molar-refractivity contribution is 7.26. The zero-order valence-corrected chi connectivity index (χ0v) is 30.1. The van der Waals surface area contributed by atoms with Gasteiger partial charge in [-0.1, -0.05) is 109 Å². The van der Waals surface area contributed by atoms with Gasteiger partial charge in [-0.25, -0.2) is 0 Å². The second-order valence-corrected chi connectivity index (χ2v) is 16.9. The second-order valence-electron chi connectivity index (χ2n) is 13.7. The van der Waals surface area contributed by atoms with Crippen molar-refractivity contribution < 1.29 is 0 Å². The van der Waals surface area contributed by atoms with Gasteiger partial charge in [0.25, 0.3) is 0 Å². The first kappa shape index (κ1) is 30.0. The number of nitrogens with one attached hydrogen (secondary N) is 3. The van der Waals surface area contributed by atoms with Crippen molar-refractivity contribution in [3.8, 4) is 11.1 Å². The normalized spacial score (nSPS) is 19.3. The molecule has 0 spiro atoms. The lowest BCUT2D eigenvalue weighted by Crippen LogP contribution is -2.59. The molecule has 1 saturated heterocycles. The maximum Gasteiger partial charge on any atom is 0.0875 e. The van der Waals surface area contributed by atoms with Crippen molar-refractivity contribution in [2.24, 2.45) is 0 Å². The van der Waals surface area contributed by atoms with Crippen LogP contribution in [0.15, 0.2) is 140 Å². The minimum Gasteiger partial charge on any atom is -0.279 e. The summed E-state index contributed by atoms with van der Waals surface area (Å²) in [6.45, 7) is 0. The van der Waals surface area contributed by atoms with Crippen LogP contribution in [0.2, 0.25) is 0 Å². The molecule has 9 aromatic rings. The van der Waals surface area contributed by atoms with Gasteiger partial charge in [-0.3, -0.25) is 16.0 Å². The van der Waals surface area contributed by atoms with Crippen LogP contribution in [0.4, 0.5) is 0 Å². The van der Waals surface area contributed by atoms with Gasteiger partial charge in [-0.2, -0.15) is 0 Å². The summed E-state index contributed by atoms with van der Waals surface area (Å²) < 4.78 is 6.72. The number of hydrogen-bond donors (Lipinski definition) is 3. The molecule has 1 aliphatic heterocycles. The molecular formula is C45H33N3S3. The third-order valence-corrected chi connectivity index (χ3v) is 14.3. The zero-order valence-electron chi connectivity index (χ0n) is 27.7. The van der Waals surface area contributed by atoms with Gasteiger partial charge >= 0.3 is 0 Å². The summed E-state index contributed by atoms with van der Waals surface area (Å²) in [4.78, 5) is 1.42. The Morgan fingerprint density at radius 1 is 0.471 bits per heavy atom. The number of fused-ring (bicyclic) bond motifs is 9. The molecule has 0 amide bonds. The monoisotopic (exact) mass is 711 g/mol. The van der Waals surface area contributed by atoms with Gasteiger partial charge in [0.2, 0.25) is 0 Å². The fourth-order valence-electron chi connectivity index (χ4n) is 8.26. The first-order chi connectivity index (χ1) is 25.2. The first-order valence-electron chi connectivity index (χ1n) is 17.7. The van der Waals surface area contributed by atoms with E-state index in [-0.39, 0.29) is 18.5 Å². The summed E-state index contributed by atoms with van der Waals surface area (Å²) in [5.74, 6) is 0. The number of rotatable bonds is 4. The Bertz CT molecular complexity index is 2820. The molecule has 11 rings (SSSR count). The Balaban J connectivity index is 0.976. The maximum absolute atomic E-state index is 4.00. The van der Waals surface area contributed by atoms with Crippen LogP contribution in [0, 0.1) is 0 Å². The molecule has 51 heavy (non-hydrogen) atoms. The van der Waals surface area contributed by atoms with Gasteiger partial charge < -0.3 is 0 Å². The quantitative estimate of drug-likeness (QED) is 0.170. The average molecular weight is 712 g/mol. The standard InChI is InChI=1S/C45H33N3S3/c1-2-10-26(11-3-1)43-46-44(48-45(47-43)35-17-9-16-34-31-13-5-7-19-38(31)51-42(34)35)28-20-22-32-36-24-27(21-23-39(36)49-40(32)25-28)29-14-8-15-33-30-12-4-6-18-37(30)50-41(29)33/h1-8,10-15,17-25,43-48H,9,16H2. The molecule has 3 unspecified atom stereocenters. The van der Waals surface area contributed by atoms with E-state index in [0.717, 1.165) is 12.8 Å². The molecule has 3 atom stereocenters. The molecule has 2 aliphatic rings. The van der Waals surface area contributed by atoms with Crippen molar-refractivity contribution in [1.29, 1.82) is 0 Å². The van der Waals surface area contributed by atoms with Crippen LogP contribution >= 0.6 is 34.0 Å². The van der Waals surface area contributed by atoms with E-state index in [4.69, 9.17) is 0 Å². The summed E-state index contributed by atoms with van der Waals surface area (Å²) in [6, 6.07) is 49.3. The summed E-state index contributed by atoms with van der Waals surface area (Å²) in [6.07, 6.45) is 4.59. The highest BCUT2D eigenvalue weighted by Crippen LogP contribution is 2.44. The molecular weight excluding hydrogens is 679 g/mol. The van der Waals surface area contributed by atoms with Crippen LogP contribution in [0.1, 0.15) is 40.3 Å². The smallest absolute Gasteiger partial charge is 0.0875 e. The van der Waals surface area contributed by atoms with Crippen LogP contribution in [-0.4, -0.2) is 6.17 Å². The summed E-state index contributed by atoms with van der Waals surface area (Å²) in [5.41, 5.74) is 7.95. The Labute approximate surface area is 307 Å². The highest BCUT2D eigenvalue weighted by atomic mass is 32.1. The van der Waals surface area contributed by atoms with Crippen molar-refractivity contribution >= 4 is 90.0 Å². The predicted octanol–water partition coefficient (Wildman–Crippen LogP) is 12.1. The first-order valence-corrected chi connectivity index (χ1v) is 20.1. The molecule has 0 saturated carbocycles. The number of hydrogen-bond acceptors (Lipinski definition) is 6. The van der Waals surface area contributed by atoms with Gasteiger partial charge in [-0.05, 0) is 82.0 Å². The fourth-order valence-corrected chi connectivity index (χ4v) is 12.0. The molecule has 246 valence electrons. The van der Waals surface area contributed by atoms with Gasteiger partial charge in [0.15, 0.2) is 0 Å². The van der Waals surface area contributed by atoms with Crippen LogP contribution in [0.5, 0.6) is 0 Å². The average Bonchev–Trinajstić information content (AvgIpc) is 3.88. The van der Waals surface area contributed by atoms with E-state index in [1.54, 1.807) is 0 Å². The molecule has 6 aromatic carbocycles. The van der Waals surface area contributed by atoms with Crippen molar-refractivity contribution in [3.05, 3.63) is 161 Å². The molecule has 3 nitrogen and oxygen atoms in total. The molecule has 3 N–H and O–H groups in total. The molecule has 6 heteroatoms. The van der Waals surface area contributed by atoms with Crippen molar-refractivity contribution in [2.45, 2.75) is 31.3 Å². The lowest BCUT2D eigenvalue weighted by atomic mass is 9.93. The molecule has 3 aromatic heterocycles. The molecule has 0 radical (unpaired) electrons.